The Hall–Kier alpha value is -4.88. The molecular formula is C60H108N8O24. The predicted octanol–water partition coefficient (Wildman–Crippen LogP) is -4.40. The van der Waals surface area contributed by atoms with E-state index in [1.54, 1.807) is 20.8 Å². The monoisotopic (exact) mass is 1320 g/mol. The fourth-order valence-electron chi connectivity index (χ4n) is 10.3. The first-order valence-corrected chi connectivity index (χ1v) is 32.4. The molecule has 32 heteroatoms. The minimum Gasteiger partial charge on any atom is -0.394 e. The molecule has 8 amide bonds. The number of hydrogen-bond acceptors (Lipinski definition) is 24. The van der Waals surface area contributed by atoms with E-state index in [9.17, 15) is 84.3 Å². The van der Waals surface area contributed by atoms with Crippen LogP contribution in [0.4, 0.5) is 0 Å². The van der Waals surface area contributed by atoms with Crippen LogP contribution in [0.2, 0.25) is 0 Å². The van der Waals surface area contributed by atoms with Gasteiger partial charge in [0.05, 0.1) is 83.3 Å². The Morgan fingerprint density at radius 2 is 0.641 bits per heavy atom. The SMILES string of the molecule is CC(C)OCCCNC(=O)CCCC(=O)NC(CCC(=O)NCCCNC(=O)CCO[C@@H]1OC(CO)[C@H](O)[C@H](O)C1C)(CCC(=O)NCCCNC(=O)CCO[C@@H]1OC(CO)[C@H](O)[C@H](O)C1C)CCC(=O)NCCCNC(=O)CCO[C@@H]1OC(CO)[C@H](O)[C@H](O)C1C. The van der Waals surface area contributed by atoms with Crippen LogP contribution in [0.15, 0.2) is 0 Å². The minimum atomic E-state index is -1.32. The molecule has 0 aromatic carbocycles. The highest BCUT2D eigenvalue weighted by atomic mass is 16.7. The number of aliphatic hydroxyl groups is 9. The van der Waals surface area contributed by atoms with E-state index in [0.717, 1.165) is 0 Å². The van der Waals surface area contributed by atoms with E-state index in [-0.39, 0.29) is 166 Å². The van der Waals surface area contributed by atoms with E-state index in [2.05, 4.69) is 42.5 Å². The largest absolute Gasteiger partial charge is 0.394 e. The normalized spacial score (nSPS) is 27.1. The van der Waals surface area contributed by atoms with Crippen LogP contribution in [0.1, 0.15) is 137 Å². The Morgan fingerprint density at radius 1 is 0.370 bits per heavy atom. The first kappa shape index (κ1) is 81.4. The van der Waals surface area contributed by atoms with Gasteiger partial charge >= 0.3 is 0 Å². The van der Waals surface area contributed by atoms with Crippen LogP contribution in [0.5, 0.6) is 0 Å². The van der Waals surface area contributed by atoms with Crippen molar-refractivity contribution in [1.82, 2.24) is 42.5 Å². The van der Waals surface area contributed by atoms with Crippen molar-refractivity contribution in [2.24, 2.45) is 17.8 Å². The van der Waals surface area contributed by atoms with Gasteiger partial charge in [-0.1, -0.05) is 20.8 Å². The molecule has 0 radical (unpaired) electrons. The Morgan fingerprint density at radius 3 is 0.935 bits per heavy atom. The summed E-state index contributed by atoms with van der Waals surface area (Å²) >= 11 is 0. The van der Waals surface area contributed by atoms with Gasteiger partial charge in [-0.15, -0.1) is 0 Å². The van der Waals surface area contributed by atoms with Gasteiger partial charge in [0.2, 0.25) is 47.3 Å². The maximum Gasteiger partial charge on any atom is 0.222 e. The molecule has 3 aliphatic rings. The van der Waals surface area contributed by atoms with Gasteiger partial charge in [0.25, 0.3) is 0 Å². The summed E-state index contributed by atoms with van der Waals surface area (Å²) in [5.41, 5.74) is -1.32. The molecule has 92 heavy (non-hydrogen) atoms. The van der Waals surface area contributed by atoms with Crippen molar-refractivity contribution in [1.29, 1.82) is 0 Å². The number of rotatable bonds is 46. The lowest BCUT2D eigenvalue weighted by Gasteiger charge is -2.40. The third-order valence-corrected chi connectivity index (χ3v) is 16.2. The number of amides is 8. The Kier molecular flexibility index (Phi) is 39.5. The number of ether oxygens (including phenoxy) is 7. The van der Waals surface area contributed by atoms with Crippen LogP contribution in [-0.4, -0.2) is 271 Å². The van der Waals surface area contributed by atoms with Gasteiger partial charge < -0.3 is 122 Å². The van der Waals surface area contributed by atoms with Gasteiger partial charge in [0.15, 0.2) is 18.9 Å². The standard InChI is InChI=1S/C60H108N8O24/c1-36(2)86-29-10-28-67-43(72)11-6-12-50(79)68-60(19-13-44(73)61-22-7-25-64-47(76)16-30-87-57-37(3)51(80)54(83)40(33-69)90-57,20-14-45(74)62-23-8-26-65-48(77)17-31-88-58-38(4)52(81)55(84)41(34-70)91-58)21-15-46(75)63-24-9-27-66-49(78)18-32-89-59-39(5)53(82)56(85)42(35-71)92-59/h36-42,51-59,69-71,80-85H,6-35H2,1-5H3,(H,61,73)(H,62,74)(H,63,75)(H,64,76)(H,65,77)(H,66,78)(H,67,72)(H,68,79)/t37?,38?,39?,40?,41?,42?,51-,52-,53-,54+,55+,56+,57-,58-,59-,60?/m1/s1. The molecule has 0 saturated carbocycles. The third kappa shape index (κ3) is 30.7. The van der Waals surface area contributed by atoms with Gasteiger partial charge in [0.1, 0.15) is 36.6 Å². The Bertz CT molecular complexity index is 1990. The maximum absolute atomic E-state index is 13.9. The molecule has 3 rings (SSSR count). The molecule has 3 aliphatic heterocycles. The van der Waals surface area contributed by atoms with Crippen molar-refractivity contribution in [3.05, 3.63) is 0 Å². The number of hydrogen-bond donors (Lipinski definition) is 17. The summed E-state index contributed by atoms with van der Waals surface area (Å²) in [7, 11) is 0. The van der Waals surface area contributed by atoms with Crippen LogP contribution < -0.4 is 42.5 Å². The van der Waals surface area contributed by atoms with Crippen LogP contribution in [-0.2, 0) is 71.5 Å². The van der Waals surface area contributed by atoms with Crippen LogP contribution >= 0.6 is 0 Å². The van der Waals surface area contributed by atoms with Gasteiger partial charge in [-0.2, -0.15) is 0 Å². The fraction of sp³-hybridized carbons (Fsp3) is 0.867. The van der Waals surface area contributed by atoms with Crippen molar-refractivity contribution in [3.8, 4) is 0 Å². The lowest BCUT2D eigenvalue weighted by molar-refractivity contribution is -0.282. The zero-order valence-corrected chi connectivity index (χ0v) is 54.1. The second-order valence-electron chi connectivity index (χ2n) is 24.0. The average molecular weight is 1330 g/mol. The van der Waals surface area contributed by atoms with Crippen molar-refractivity contribution >= 4 is 47.3 Å². The van der Waals surface area contributed by atoms with E-state index in [1.807, 2.05) is 13.8 Å². The molecule has 0 spiro atoms. The molecule has 3 heterocycles. The highest BCUT2D eigenvalue weighted by molar-refractivity contribution is 5.81. The molecule has 0 aromatic rings. The lowest BCUT2D eigenvalue weighted by atomic mass is 9.82. The summed E-state index contributed by atoms with van der Waals surface area (Å²) in [6.45, 7) is 8.53. The molecule has 6 unspecified atom stereocenters. The molecular weight excluding hydrogens is 1220 g/mol. The van der Waals surface area contributed by atoms with Gasteiger partial charge in [0, 0.05) is 108 Å². The molecule has 0 aromatic heterocycles. The molecule has 32 nitrogen and oxygen atoms in total. The van der Waals surface area contributed by atoms with Crippen LogP contribution in [0.25, 0.3) is 0 Å². The van der Waals surface area contributed by atoms with Crippen molar-refractivity contribution in [3.63, 3.8) is 0 Å². The first-order valence-electron chi connectivity index (χ1n) is 32.4. The molecule has 0 bridgehead atoms. The summed E-state index contributed by atoms with van der Waals surface area (Å²) in [4.78, 5) is 105. The molecule has 0 aliphatic carbocycles. The summed E-state index contributed by atoms with van der Waals surface area (Å²) < 4.78 is 39.0. The van der Waals surface area contributed by atoms with Crippen LogP contribution in [0.3, 0.4) is 0 Å². The zero-order valence-electron chi connectivity index (χ0n) is 54.1. The van der Waals surface area contributed by atoms with E-state index in [0.29, 0.717) is 38.8 Å². The van der Waals surface area contributed by atoms with E-state index < -0.39 is 141 Å². The number of carbonyl (C=O) groups excluding carboxylic acids is 8. The quantitative estimate of drug-likeness (QED) is 0.0256. The van der Waals surface area contributed by atoms with Crippen molar-refractivity contribution < 1.29 is 117 Å². The fourth-order valence-corrected chi connectivity index (χ4v) is 10.3. The van der Waals surface area contributed by atoms with Crippen LogP contribution in [0, 0.1) is 17.8 Å². The highest BCUT2D eigenvalue weighted by Crippen LogP contribution is 2.30. The van der Waals surface area contributed by atoms with Gasteiger partial charge in [-0.25, -0.2) is 0 Å². The summed E-state index contributed by atoms with van der Waals surface area (Å²) in [6.07, 6.45) is -12.7. The molecule has 15 atom stereocenters. The number of carbonyl (C=O) groups is 8. The van der Waals surface area contributed by atoms with Gasteiger partial charge in [-0.3, -0.25) is 38.4 Å². The number of aliphatic hydroxyl groups excluding tert-OH is 9. The Labute approximate surface area is 538 Å². The maximum atomic E-state index is 13.9. The smallest absolute Gasteiger partial charge is 0.222 e. The van der Waals surface area contributed by atoms with Crippen molar-refractivity contribution in [2.45, 2.75) is 223 Å². The molecule has 532 valence electrons. The van der Waals surface area contributed by atoms with E-state index >= 15 is 0 Å². The second-order valence-corrected chi connectivity index (χ2v) is 24.0. The average Bonchev–Trinajstić information content (AvgIpc) is 0.915. The van der Waals surface area contributed by atoms with Gasteiger partial charge in [-0.05, 0) is 65.2 Å². The molecule has 3 saturated heterocycles. The highest BCUT2D eigenvalue weighted by Gasteiger charge is 2.45. The van der Waals surface area contributed by atoms with E-state index in [4.69, 9.17) is 33.2 Å². The zero-order chi connectivity index (χ0) is 68.2. The van der Waals surface area contributed by atoms with Crippen molar-refractivity contribution in [2.75, 3.05) is 92.1 Å². The number of nitrogens with one attached hydrogen (secondary N) is 8. The molecule has 17 N–H and O–H groups in total. The second kappa shape index (κ2) is 44.7. The third-order valence-electron chi connectivity index (χ3n) is 16.2. The Balaban J connectivity index is 1.62. The molecule has 3 fully saturated rings. The van der Waals surface area contributed by atoms with E-state index in [1.165, 1.54) is 0 Å². The first-order chi connectivity index (χ1) is 43.8. The summed E-state index contributed by atoms with van der Waals surface area (Å²) in [5, 5.41) is 112. The topological polar surface area (TPSA) is 479 Å². The summed E-state index contributed by atoms with van der Waals surface area (Å²) in [5.74, 6) is -5.06. The lowest BCUT2D eigenvalue weighted by Crippen LogP contribution is -2.55. The summed E-state index contributed by atoms with van der Waals surface area (Å²) in [6, 6.07) is 0. The minimum absolute atomic E-state index is 0.0290. The predicted molar refractivity (Wildman–Crippen MR) is 326 cm³/mol.